The zero-order valence-corrected chi connectivity index (χ0v) is 12.5. The molecular formula is C15H18N2O5. The van der Waals surface area contributed by atoms with Crippen LogP contribution in [0.1, 0.15) is 25.8 Å². The zero-order chi connectivity index (χ0) is 16.5. The Morgan fingerprint density at radius 3 is 2.41 bits per heavy atom. The standard InChI is InChI=1S/C12H10N2O5.C3H8/c15-11(13-7-8-19-12(13)16)6-3-9-1-4-10(5-2-9)14(17)18;1-3-2/h1-6H,7-8H2;3H2,1-2H3/b6-3+;. The summed E-state index contributed by atoms with van der Waals surface area (Å²) in [7, 11) is 0. The fourth-order valence-electron chi connectivity index (χ4n) is 1.56. The molecule has 1 saturated heterocycles. The molecule has 2 rings (SSSR count). The van der Waals surface area contributed by atoms with Crippen molar-refractivity contribution in [2.75, 3.05) is 13.2 Å². The second-order valence-corrected chi connectivity index (χ2v) is 4.49. The predicted molar refractivity (Wildman–Crippen MR) is 81.2 cm³/mol. The SMILES string of the molecule is CCC.O=C(/C=C/c1ccc([N+](=O)[O-])cc1)N1CCOC1=O. The molecule has 7 nitrogen and oxygen atoms in total. The van der Waals surface area contributed by atoms with Gasteiger partial charge in [-0.25, -0.2) is 9.69 Å². The van der Waals surface area contributed by atoms with Gasteiger partial charge in [-0.3, -0.25) is 14.9 Å². The number of cyclic esters (lactones) is 1. The number of non-ortho nitro benzene ring substituents is 1. The minimum Gasteiger partial charge on any atom is -0.447 e. The first-order valence-corrected chi connectivity index (χ1v) is 6.90. The van der Waals surface area contributed by atoms with Crippen LogP contribution in [0, 0.1) is 10.1 Å². The van der Waals surface area contributed by atoms with Crippen LogP contribution in [0.25, 0.3) is 6.08 Å². The maximum absolute atomic E-state index is 11.6. The van der Waals surface area contributed by atoms with Crippen LogP contribution >= 0.6 is 0 Å². The number of rotatable bonds is 3. The van der Waals surface area contributed by atoms with Crippen LogP contribution in [0.3, 0.4) is 0 Å². The molecule has 1 aromatic rings. The highest BCUT2D eigenvalue weighted by molar-refractivity contribution is 6.01. The van der Waals surface area contributed by atoms with Crippen LogP contribution in [0.2, 0.25) is 0 Å². The maximum Gasteiger partial charge on any atom is 0.416 e. The Morgan fingerprint density at radius 1 is 1.36 bits per heavy atom. The summed E-state index contributed by atoms with van der Waals surface area (Å²) in [5.74, 6) is -0.471. The van der Waals surface area contributed by atoms with Gasteiger partial charge < -0.3 is 4.74 Å². The Labute approximate surface area is 128 Å². The van der Waals surface area contributed by atoms with Gasteiger partial charge in [-0.15, -0.1) is 0 Å². The zero-order valence-electron chi connectivity index (χ0n) is 12.5. The van der Waals surface area contributed by atoms with Crippen molar-refractivity contribution >= 4 is 23.8 Å². The lowest BCUT2D eigenvalue weighted by molar-refractivity contribution is -0.384. The average molecular weight is 306 g/mol. The molecule has 0 unspecified atom stereocenters. The third-order valence-electron chi connectivity index (χ3n) is 2.55. The second kappa shape index (κ2) is 8.56. The molecule has 0 aliphatic carbocycles. The summed E-state index contributed by atoms with van der Waals surface area (Å²) in [6.45, 7) is 4.69. The van der Waals surface area contributed by atoms with Gasteiger partial charge in [-0.1, -0.05) is 20.3 Å². The normalized spacial score (nSPS) is 13.5. The molecule has 0 spiro atoms. The molecule has 1 aliphatic heterocycles. The molecule has 0 bridgehead atoms. The Bertz CT molecular complexity index is 566. The van der Waals surface area contributed by atoms with E-state index in [1.165, 1.54) is 42.8 Å². The van der Waals surface area contributed by atoms with E-state index >= 15 is 0 Å². The Balaban J connectivity index is 0.000000745. The highest BCUT2D eigenvalue weighted by Crippen LogP contribution is 2.13. The van der Waals surface area contributed by atoms with Gasteiger partial charge in [0.1, 0.15) is 6.61 Å². The Morgan fingerprint density at radius 2 is 1.95 bits per heavy atom. The number of ether oxygens (including phenoxy) is 1. The number of hydrogen-bond acceptors (Lipinski definition) is 5. The fourth-order valence-corrected chi connectivity index (χ4v) is 1.56. The van der Waals surface area contributed by atoms with Gasteiger partial charge in [0.05, 0.1) is 11.5 Å². The molecule has 0 radical (unpaired) electrons. The first-order chi connectivity index (χ1) is 10.5. The molecule has 1 fully saturated rings. The lowest BCUT2D eigenvalue weighted by atomic mass is 10.2. The summed E-state index contributed by atoms with van der Waals surface area (Å²) in [6, 6.07) is 5.72. The van der Waals surface area contributed by atoms with E-state index < -0.39 is 16.9 Å². The monoisotopic (exact) mass is 306 g/mol. The van der Waals surface area contributed by atoms with E-state index in [-0.39, 0.29) is 18.8 Å². The van der Waals surface area contributed by atoms with E-state index in [1.54, 1.807) is 0 Å². The summed E-state index contributed by atoms with van der Waals surface area (Å²) in [6.07, 6.45) is 3.31. The number of imide groups is 1. The van der Waals surface area contributed by atoms with E-state index in [9.17, 15) is 19.7 Å². The molecule has 0 aromatic heterocycles. The summed E-state index contributed by atoms with van der Waals surface area (Å²) in [5, 5.41) is 10.5. The first kappa shape index (κ1) is 17.4. The van der Waals surface area contributed by atoms with Crippen molar-refractivity contribution in [1.82, 2.24) is 4.90 Å². The highest BCUT2D eigenvalue weighted by atomic mass is 16.6. The van der Waals surface area contributed by atoms with E-state index in [0.717, 1.165) is 4.90 Å². The summed E-state index contributed by atoms with van der Waals surface area (Å²) < 4.78 is 4.64. The second-order valence-electron chi connectivity index (χ2n) is 4.49. The number of hydrogen-bond donors (Lipinski definition) is 0. The largest absolute Gasteiger partial charge is 0.447 e. The van der Waals surface area contributed by atoms with E-state index in [0.29, 0.717) is 5.56 Å². The minimum atomic E-state index is -0.654. The van der Waals surface area contributed by atoms with Crippen molar-refractivity contribution in [3.8, 4) is 0 Å². The van der Waals surface area contributed by atoms with Gasteiger partial charge in [0.2, 0.25) is 0 Å². The minimum absolute atomic E-state index is 0.0217. The van der Waals surface area contributed by atoms with Crippen molar-refractivity contribution in [3.05, 3.63) is 46.0 Å². The molecule has 7 heteroatoms. The molecule has 118 valence electrons. The molecule has 1 heterocycles. The summed E-state index contributed by atoms with van der Waals surface area (Å²) in [5.41, 5.74) is 0.609. The predicted octanol–water partition coefficient (Wildman–Crippen LogP) is 3.00. The van der Waals surface area contributed by atoms with Crippen molar-refractivity contribution in [1.29, 1.82) is 0 Å². The van der Waals surface area contributed by atoms with Crippen molar-refractivity contribution in [2.24, 2.45) is 0 Å². The third kappa shape index (κ3) is 5.01. The number of nitro benzene ring substituents is 1. The van der Waals surface area contributed by atoms with Crippen LogP contribution < -0.4 is 0 Å². The number of nitrogens with zero attached hydrogens (tertiary/aromatic N) is 2. The van der Waals surface area contributed by atoms with Crippen LogP contribution in [-0.2, 0) is 9.53 Å². The first-order valence-electron chi connectivity index (χ1n) is 6.90. The Kier molecular flexibility index (Phi) is 6.75. The van der Waals surface area contributed by atoms with Gasteiger partial charge in [-0.2, -0.15) is 0 Å². The van der Waals surface area contributed by atoms with Gasteiger partial charge in [0.25, 0.3) is 11.6 Å². The topological polar surface area (TPSA) is 89.8 Å². The molecule has 1 aromatic carbocycles. The van der Waals surface area contributed by atoms with Crippen LogP contribution in [0.4, 0.5) is 10.5 Å². The molecule has 22 heavy (non-hydrogen) atoms. The van der Waals surface area contributed by atoms with Crippen molar-refractivity contribution in [3.63, 3.8) is 0 Å². The van der Waals surface area contributed by atoms with Crippen LogP contribution in [-0.4, -0.2) is 35.0 Å². The Hall–Kier alpha value is -2.70. The van der Waals surface area contributed by atoms with Crippen molar-refractivity contribution in [2.45, 2.75) is 20.3 Å². The van der Waals surface area contributed by atoms with E-state index in [4.69, 9.17) is 0 Å². The van der Waals surface area contributed by atoms with E-state index in [2.05, 4.69) is 18.6 Å². The summed E-state index contributed by atoms with van der Waals surface area (Å²) >= 11 is 0. The smallest absolute Gasteiger partial charge is 0.416 e. The fraction of sp³-hybridized carbons (Fsp3) is 0.333. The van der Waals surface area contributed by atoms with Gasteiger partial charge in [-0.05, 0) is 23.8 Å². The van der Waals surface area contributed by atoms with Crippen molar-refractivity contribution < 1.29 is 19.2 Å². The summed E-state index contributed by atoms with van der Waals surface area (Å²) in [4.78, 5) is 33.7. The van der Waals surface area contributed by atoms with E-state index in [1.807, 2.05) is 0 Å². The average Bonchev–Trinajstić information content (AvgIpc) is 2.92. The number of nitro groups is 1. The molecule has 0 atom stereocenters. The number of amides is 2. The quantitative estimate of drug-likeness (QED) is 0.486. The molecular weight excluding hydrogens is 288 g/mol. The number of benzene rings is 1. The lowest BCUT2D eigenvalue weighted by Gasteiger charge is -2.06. The number of carbonyl (C=O) groups excluding carboxylic acids is 2. The lowest BCUT2D eigenvalue weighted by Crippen LogP contribution is -2.29. The molecule has 0 saturated carbocycles. The van der Waals surface area contributed by atoms with Gasteiger partial charge in [0, 0.05) is 18.2 Å². The maximum atomic E-state index is 11.6. The van der Waals surface area contributed by atoms with Gasteiger partial charge >= 0.3 is 6.09 Å². The number of carbonyl (C=O) groups is 2. The third-order valence-corrected chi connectivity index (χ3v) is 2.55. The van der Waals surface area contributed by atoms with Crippen LogP contribution in [0.15, 0.2) is 30.3 Å². The van der Waals surface area contributed by atoms with Crippen LogP contribution in [0.5, 0.6) is 0 Å². The molecule has 0 N–H and O–H groups in total. The molecule has 1 aliphatic rings. The van der Waals surface area contributed by atoms with Gasteiger partial charge in [0.15, 0.2) is 0 Å². The highest BCUT2D eigenvalue weighted by Gasteiger charge is 2.26. The molecule has 2 amide bonds.